The lowest BCUT2D eigenvalue weighted by Gasteiger charge is -2.48. The Morgan fingerprint density at radius 2 is 1.89 bits per heavy atom. The molecule has 11 nitrogen and oxygen atoms in total. The van der Waals surface area contributed by atoms with E-state index >= 15 is 4.39 Å². The van der Waals surface area contributed by atoms with Gasteiger partial charge in [-0.05, 0) is 39.3 Å². The molecule has 1 aliphatic heterocycles. The summed E-state index contributed by atoms with van der Waals surface area (Å²) in [5.74, 6) is -8.86. The van der Waals surface area contributed by atoms with E-state index in [2.05, 4.69) is 5.32 Å². The van der Waals surface area contributed by atoms with E-state index in [-0.39, 0.29) is 46.8 Å². The molecule has 1 amide bonds. The van der Waals surface area contributed by atoms with Crippen LogP contribution in [-0.2, 0) is 16.0 Å². The van der Waals surface area contributed by atoms with Gasteiger partial charge in [-0.1, -0.05) is 0 Å². The second-order valence-electron chi connectivity index (χ2n) is 10.1. The second-order valence-corrected chi connectivity index (χ2v) is 10.1. The van der Waals surface area contributed by atoms with Gasteiger partial charge in [0.15, 0.2) is 17.1 Å². The standard InChI is InChI=1S/C24H27FN4O7/c1-29(2)10-3-4-28-17-13(10)15(25)8-5-7-6-9-16(26)19(31)14(23(27)35)22(34)24(9,36)21(33)11(7)18(30)12(8)20(17)32/h7,9-10,16,28,31-33,36H,3-6,26H2,1-2H3,(H2,27,35)/t7-,9-,10?,16-,24-/m0/s1. The van der Waals surface area contributed by atoms with Gasteiger partial charge in [0.1, 0.15) is 22.9 Å². The number of phenols is 1. The van der Waals surface area contributed by atoms with Gasteiger partial charge in [-0.2, -0.15) is 0 Å². The fourth-order valence-electron chi connectivity index (χ4n) is 6.31. The summed E-state index contributed by atoms with van der Waals surface area (Å²) >= 11 is 0. The molecular formula is C24H27FN4O7. The Kier molecular flexibility index (Phi) is 5.22. The van der Waals surface area contributed by atoms with E-state index in [0.717, 1.165) is 0 Å². The highest BCUT2D eigenvalue weighted by Crippen LogP contribution is 2.53. The number of rotatable bonds is 2. The SMILES string of the molecule is CN(C)C1CCNc2c(O)c3c(c(F)c21)C[C@H]1C[C@H]2[C@H](N)C(O)=C(C(N)=O)C(=O)[C@@]2(O)C(O)=C1C3=O. The Hall–Kier alpha value is -3.48. The Balaban J connectivity index is 1.72. The van der Waals surface area contributed by atoms with Gasteiger partial charge in [0.2, 0.25) is 5.78 Å². The van der Waals surface area contributed by atoms with Gasteiger partial charge in [-0.25, -0.2) is 4.39 Å². The summed E-state index contributed by atoms with van der Waals surface area (Å²) < 4.78 is 16.0. The molecule has 192 valence electrons. The number of ketones is 2. The van der Waals surface area contributed by atoms with Gasteiger partial charge in [0.05, 0.1) is 17.3 Å². The number of carbonyl (C=O) groups excluding carboxylic acids is 3. The lowest BCUT2D eigenvalue weighted by molar-refractivity contribution is -0.145. The van der Waals surface area contributed by atoms with Crippen molar-refractivity contribution < 1.29 is 39.2 Å². The summed E-state index contributed by atoms with van der Waals surface area (Å²) in [6.45, 7) is 0.423. The normalized spacial score (nSPS) is 31.5. The minimum atomic E-state index is -2.80. The average Bonchev–Trinajstić information content (AvgIpc) is 2.82. The number of hydrogen-bond acceptors (Lipinski definition) is 10. The van der Waals surface area contributed by atoms with Crippen molar-refractivity contribution in [1.29, 1.82) is 0 Å². The Labute approximate surface area is 204 Å². The van der Waals surface area contributed by atoms with E-state index < -0.39 is 69.6 Å². The highest BCUT2D eigenvalue weighted by Gasteiger charge is 2.62. The number of primary amides is 1. The summed E-state index contributed by atoms with van der Waals surface area (Å²) in [6.07, 6.45) is 0.253. The maximum atomic E-state index is 16.0. The van der Waals surface area contributed by atoms with Crippen LogP contribution >= 0.6 is 0 Å². The molecule has 1 aromatic carbocycles. The monoisotopic (exact) mass is 502 g/mol. The third-order valence-electron chi connectivity index (χ3n) is 8.07. The number of fused-ring (bicyclic) bond motifs is 4. The number of amides is 1. The first-order valence-electron chi connectivity index (χ1n) is 11.5. The molecule has 36 heavy (non-hydrogen) atoms. The molecule has 0 radical (unpaired) electrons. The number of halogens is 1. The first-order valence-corrected chi connectivity index (χ1v) is 11.5. The highest BCUT2D eigenvalue weighted by atomic mass is 19.1. The fraction of sp³-hybridized carbons (Fsp3) is 0.458. The molecule has 1 aromatic rings. The van der Waals surface area contributed by atoms with Crippen molar-refractivity contribution in [3.8, 4) is 5.75 Å². The number of nitrogens with one attached hydrogen (secondary N) is 1. The van der Waals surface area contributed by atoms with E-state index in [9.17, 15) is 34.8 Å². The number of aliphatic hydroxyl groups is 3. The number of aliphatic hydroxyl groups excluding tert-OH is 2. The summed E-state index contributed by atoms with van der Waals surface area (Å²) in [6, 6.07) is -1.81. The van der Waals surface area contributed by atoms with Crippen molar-refractivity contribution in [2.24, 2.45) is 23.3 Å². The Morgan fingerprint density at radius 1 is 1.22 bits per heavy atom. The van der Waals surface area contributed by atoms with E-state index in [0.29, 0.717) is 13.0 Å². The molecule has 12 heteroatoms. The number of phenolic OH excluding ortho intramolecular Hbond substituents is 1. The van der Waals surface area contributed by atoms with Gasteiger partial charge >= 0.3 is 0 Å². The van der Waals surface area contributed by atoms with Crippen LogP contribution in [0.3, 0.4) is 0 Å². The lowest BCUT2D eigenvalue weighted by atomic mass is 9.59. The Morgan fingerprint density at radius 3 is 2.50 bits per heavy atom. The largest absolute Gasteiger partial charge is 0.510 e. The van der Waals surface area contributed by atoms with Crippen LogP contribution in [0.15, 0.2) is 22.7 Å². The number of aromatic hydroxyl groups is 1. The molecule has 0 saturated heterocycles. The molecule has 0 fully saturated rings. The number of nitrogens with two attached hydrogens (primary N) is 2. The zero-order valence-corrected chi connectivity index (χ0v) is 19.6. The molecule has 3 aliphatic carbocycles. The number of Topliss-reactive ketones (excluding diaryl/α,β-unsaturated/α-hetero) is 2. The van der Waals surface area contributed by atoms with E-state index in [1.165, 1.54) is 0 Å². The molecule has 0 spiro atoms. The predicted molar refractivity (Wildman–Crippen MR) is 124 cm³/mol. The zero-order valence-electron chi connectivity index (χ0n) is 19.6. The molecular weight excluding hydrogens is 475 g/mol. The van der Waals surface area contributed by atoms with Crippen LogP contribution in [-0.4, -0.2) is 75.1 Å². The molecule has 1 heterocycles. The van der Waals surface area contributed by atoms with Crippen molar-refractivity contribution in [3.63, 3.8) is 0 Å². The second kappa shape index (κ2) is 7.76. The van der Waals surface area contributed by atoms with Crippen LogP contribution in [0.5, 0.6) is 5.75 Å². The van der Waals surface area contributed by atoms with Gasteiger partial charge < -0.3 is 42.1 Å². The minimum Gasteiger partial charge on any atom is -0.510 e. The molecule has 0 aromatic heterocycles. The van der Waals surface area contributed by atoms with Crippen LogP contribution in [0, 0.1) is 17.7 Å². The first-order chi connectivity index (χ1) is 16.8. The van der Waals surface area contributed by atoms with Crippen LogP contribution in [0.2, 0.25) is 0 Å². The van der Waals surface area contributed by atoms with Gasteiger partial charge in [0, 0.05) is 35.2 Å². The molecule has 5 atom stereocenters. The molecule has 0 bridgehead atoms. The van der Waals surface area contributed by atoms with Crippen LogP contribution in [0.1, 0.15) is 40.4 Å². The van der Waals surface area contributed by atoms with Gasteiger partial charge in [-0.3, -0.25) is 14.4 Å². The molecule has 9 N–H and O–H groups in total. The van der Waals surface area contributed by atoms with E-state index in [1.54, 1.807) is 14.1 Å². The van der Waals surface area contributed by atoms with Crippen molar-refractivity contribution in [2.75, 3.05) is 26.0 Å². The fourth-order valence-corrected chi connectivity index (χ4v) is 6.31. The maximum absolute atomic E-state index is 16.0. The summed E-state index contributed by atoms with van der Waals surface area (Å²) in [4.78, 5) is 40.3. The topological polar surface area (TPSA) is 199 Å². The van der Waals surface area contributed by atoms with Crippen LogP contribution < -0.4 is 16.8 Å². The molecule has 4 aliphatic rings. The number of hydrogen-bond donors (Lipinski definition) is 7. The summed E-state index contributed by atoms with van der Waals surface area (Å²) in [7, 11) is 3.56. The lowest BCUT2D eigenvalue weighted by Crippen LogP contribution is -2.63. The first kappa shape index (κ1) is 24.2. The minimum absolute atomic E-state index is 0.0351. The highest BCUT2D eigenvalue weighted by molar-refractivity contribution is 6.24. The predicted octanol–water partition coefficient (Wildman–Crippen LogP) is 0.0751. The van der Waals surface area contributed by atoms with Gasteiger partial charge in [0.25, 0.3) is 5.91 Å². The number of carbonyl (C=O) groups is 3. The summed E-state index contributed by atoms with van der Waals surface area (Å²) in [5.41, 5.74) is 7.02. The number of allylic oxidation sites excluding steroid dienone is 1. The summed E-state index contributed by atoms with van der Waals surface area (Å²) in [5, 5.41) is 46.9. The molecule has 0 saturated carbocycles. The third-order valence-corrected chi connectivity index (χ3v) is 8.07. The molecule has 5 rings (SSSR count). The Bertz CT molecular complexity index is 1320. The third kappa shape index (κ3) is 2.85. The maximum Gasteiger partial charge on any atom is 0.255 e. The van der Waals surface area contributed by atoms with Crippen LogP contribution in [0.4, 0.5) is 10.1 Å². The quantitative estimate of drug-likeness (QED) is 0.214. The van der Waals surface area contributed by atoms with Gasteiger partial charge in [-0.15, -0.1) is 0 Å². The zero-order chi connectivity index (χ0) is 26.4. The number of anilines is 1. The van der Waals surface area contributed by atoms with E-state index in [1.807, 2.05) is 4.90 Å². The van der Waals surface area contributed by atoms with Crippen molar-refractivity contribution in [1.82, 2.24) is 4.90 Å². The van der Waals surface area contributed by atoms with Crippen LogP contribution in [0.25, 0.3) is 0 Å². The number of nitrogens with zero attached hydrogens (tertiary/aromatic N) is 1. The molecule has 1 unspecified atom stereocenters. The number of benzene rings is 1. The smallest absolute Gasteiger partial charge is 0.255 e. The van der Waals surface area contributed by atoms with Crippen molar-refractivity contribution in [2.45, 2.75) is 36.9 Å². The van der Waals surface area contributed by atoms with Crippen molar-refractivity contribution >= 4 is 23.2 Å². The van der Waals surface area contributed by atoms with Crippen molar-refractivity contribution in [3.05, 3.63) is 45.2 Å². The van der Waals surface area contributed by atoms with E-state index in [4.69, 9.17) is 11.5 Å². The average molecular weight is 502 g/mol.